The molecular formula is C18H20FN5O. The van der Waals surface area contributed by atoms with Gasteiger partial charge < -0.3 is 10.6 Å². The number of urea groups is 1. The standard InChI is InChI=1S/C18H20FN5O/c1-12(2)16(17-23-22-15-5-3-4-10-24(15)17)21-18(25)20-11-13-6-8-14(19)9-7-13/h3-10,12,16H,11H2,1-2H3,(H2,20,21,25)/t16-/m0/s1. The number of pyridine rings is 1. The molecule has 0 saturated carbocycles. The second-order valence-electron chi connectivity index (χ2n) is 6.16. The fourth-order valence-corrected chi connectivity index (χ4v) is 2.58. The predicted octanol–water partition coefficient (Wildman–Crippen LogP) is 3.06. The molecule has 130 valence electrons. The second kappa shape index (κ2) is 7.29. The van der Waals surface area contributed by atoms with Crippen molar-refractivity contribution in [3.05, 3.63) is 65.9 Å². The van der Waals surface area contributed by atoms with Gasteiger partial charge in [0.15, 0.2) is 11.5 Å². The average Bonchev–Trinajstić information content (AvgIpc) is 3.03. The van der Waals surface area contributed by atoms with Crippen LogP contribution in [-0.4, -0.2) is 20.6 Å². The van der Waals surface area contributed by atoms with Crippen LogP contribution < -0.4 is 10.6 Å². The topological polar surface area (TPSA) is 71.3 Å². The summed E-state index contributed by atoms with van der Waals surface area (Å²) in [5, 5.41) is 14.1. The third-order valence-corrected chi connectivity index (χ3v) is 3.94. The van der Waals surface area contributed by atoms with E-state index in [0.717, 1.165) is 11.2 Å². The molecule has 0 aliphatic rings. The summed E-state index contributed by atoms with van der Waals surface area (Å²) in [5.74, 6) is 0.512. The number of carbonyl (C=O) groups is 1. The Morgan fingerprint density at radius 3 is 2.64 bits per heavy atom. The molecule has 3 aromatic rings. The van der Waals surface area contributed by atoms with Crippen molar-refractivity contribution >= 4 is 11.7 Å². The highest BCUT2D eigenvalue weighted by atomic mass is 19.1. The van der Waals surface area contributed by atoms with Crippen LogP contribution in [0.2, 0.25) is 0 Å². The number of fused-ring (bicyclic) bond motifs is 1. The first-order chi connectivity index (χ1) is 12.0. The lowest BCUT2D eigenvalue weighted by Gasteiger charge is -2.21. The van der Waals surface area contributed by atoms with Crippen LogP contribution in [0.3, 0.4) is 0 Å². The number of aromatic nitrogens is 3. The number of hydrogen-bond acceptors (Lipinski definition) is 3. The van der Waals surface area contributed by atoms with Crippen molar-refractivity contribution in [3.8, 4) is 0 Å². The third-order valence-electron chi connectivity index (χ3n) is 3.94. The first kappa shape index (κ1) is 16.9. The summed E-state index contributed by atoms with van der Waals surface area (Å²) in [6.45, 7) is 4.33. The molecule has 0 bridgehead atoms. The van der Waals surface area contributed by atoms with Gasteiger partial charge in [-0.2, -0.15) is 0 Å². The Balaban J connectivity index is 1.69. The van der Waals surface area contributed by atoms with E-state index >= 15 is 0 Å². The van der Waals surface area contributed by atoms with Crippen LogP contribution in [-0.2, 0) is 6.54 Å². The lowest BCUT2D eigenvalue weighted by molar-refractivity contribution is 0.231. The molecule has 2 heterocycles. The minimum Gasteiger partial charge on any atom is -0.334 e. The summed E-state index contributed by atoms with van der Waals surface area (Å²) in [5.41, 5.74) is 1.56. The highest BCUT2D eigenvalue weighted by molar-refractivity contribution is 5.74. The van der Waals surface area contributed by atoms with Crippen molar-refractivity contribution in [2.24, 2.45) is 5.92 Å². The van der Waals surface area contributed by atoms with Gasteiger partial charge in [0.2, 0.25) is 0 Å². The predicted molar refractivity (Wildman–Crippen MR) is 92.3 cm³/mol. The number of carbonyl (C=O) groups excluding carboxylic acids is 1. The number of nitrogens with zero attached hydrogens (tertiary/aromatic N) is 3. The van der Waals surface area contributed by atoms with Crippen molar-refractivity contribution in [1.82, 2.24) is 25.2 Å². The highest BCUT2D eigenvalue weighted by Crippen LogP contribution is 2.20. The molecule has 1 atom stereocenters. The smallest absolute Gasteiger partial charge is 0.315 e. The molecule has 6 nitrogen and oxygen atoms in total. The largest absolute Gasteiger partial charge is 0.334 e. The molecule has 1 aromatic carbocycles. The van der Waals surface area contributed by atoms with Crippen LogP contribution in [0.1, 0.15) is 31.3 Å². The maximum absolute atomic E-state index is 12.9. The summed E-state index contributed by atoms with van der Waals surface area (Å²) >= 11 is 0. The minimum absolute atomic E-state index is 0.129. The third kappa shape index (κ3) is 3.93. The van der Waals surface area contributed by atoms with Gasteiger partial charge in [-0.15, -0.1) is 10.2 Å². The van der Waals surface area contributed by atoms with Crippen molar-refractivity contribution in [3.63, 3.8) is 0 Å². The van der Waals surface area contributed by atoms with E-state index in [1.165, 1.54) is 12.1 Å². The number of rotatable bonds is 5. The van der Waals surface area contributed by atoms with Crippen LogP contribution in [0, 0.1) is 11.7 Å². The van der Waals surface area contributed by atoms with E-state index in [1.807, 2.05) is 42.6 Å². The molecule has 0 aliphatic heterocycles. The summed E-state index contributed by atoms with van der Waals surface area (Å²) < 4.78 is 14.8. The van der Waals surface area contributed by atoms with E-state index in [2.05, 4.69) is 20.8 Å². The second-order valence-corrected chi connectivity index (χ2v) is 6.16. The van der Waals surface area contributed by atoms with Crippen molar-refractivity contribution in [1.29, 1.82) is 0 Å². The van der Waals surface area contributed by atoms with Gasteiger partial charge in [0, 0.05) is 12.7 Å². The molecule has 2 amide bonds. The van der Waals surface area contributed by atoms with Gasteiger partial charge >= 0.3 is 6.03 Å². The Morgan fingerprint density at radius 2 is 1.92 bits per heavy atom. The molecule has 0 fully saturated rings. The summed E-state index contributed by atoms with van der Waals surface area (Å²) in [6, 6.07) is 11.1. The average molecular weight is 341 g/mol. The molecule has 0 radical (unpaired) electrons. The SMILES string of the molecule is CC(C)[C@H](NC(=O)NCc1ccc(F)cc1)c1nnc2ccccn12. The van der Waals surface area contributed by atoms with Crippen LogP contribution in [0.4, 0.5) is 9.18 Å². The molecule has 3 rings (SSSR count). The van der Waals surface area contributed by atoms with Crippen LogP contribution in [0.5, 0.6) is 0 Å². The summed E-state index contributed by atoms with van der Waals surface area (Å²) in [6.07, 6.45) is 1.87. The van der Waals surface area contributed by atoms with Crippen LogP contribution in [0.15, 0.2) is 48.7 Å². The van der Waals surface area contributed by atoms with E-state index in [9.17, 15) is 9.18 Å². The van der Waals surface area contributed by atoms with Gasteiger partial charge in [-0.3, -0.25) is 4.40 Å². The maximum atomic E-state index is 12.9. The van der Waals surface area contributed by atoms with E-state index < -0.39 is 0 Å². The lowest BCUT2D eigenvalue weighted by atomic mass is 10.0. The number of amides is 2. The first-order valence-corrected chi connectivity index (χ1v) is 8.13. The summed E-state index contributed by atoms with van der Waals surface area (Å²) in [4.78, 5) is 12.3. The zero-order valence-electron chi connectivity index (χ0n) is 14.1. The fourth-order valence-electron chi connectivity index (χ4n) is 2.58. The number of hydrogen-bond donors (Lipinski definition) is 2. The van der Waals surface area contributed by atoms with Gasteiger partial charge in [-0.05, 0) is 35.7 Å². The Bertz CT molecular complexity index is 859. The van der Waals surface area contributed by atoms with Crippen molar-refractivity contribution in [2.45, 2.75) is 26.4 Å². The Labute approximate surface area is 145 Å². The summed E-state index contributed by atoms with van der Waals surface area (Å²) in [7, 11) is 0. The minimum atomic E-state index is -0.310. The fraction of sp³-hybridized carbons (Fsp3) is 0.278. The maximum Gasteiger partial charge on any atom is 0.315 e. The molecule has 7 heteroatoms. The first-order valence-electron chi connectivity index (χ1n) is 8.13. The molecule has 0 aliphatic carbocycles. The van der Waals surface area contributed by atoms with Gasteiger partial charge in [0.1, 0.15) is 5.82 Å². The van der Waals surface area contributed by atoms with E-state index in [0.29, 0.717) is 12.4 Å². The Hall–Kier alpha value is -2.96. The number of nitrogens with one attached hydrogen (secondary N) is 2. The number of benzene rings is 1. The zero-order chi connectivity index (χ0) is 17.8. The van der Waals surface area contributed by atoms with E-state index in [1.54, 1.807) is 12.1 Å². The molecule has 2 aromatic heterocycles. The van der Waals surface area contributed by atoms with Crippen LogP contribution in [0.25, 0.3) is 5.65 Å². The van der Waals surface area contributed by atoms with Gasteiger partial charge in [0.05, 0.1) is 6.04 Å². The Morgan fingerprint density at radius 1 is 1.16 bits per heavy atom. The van der Waals surface area contributed by atoms with E-state index in [4.69, 9.17) is 0 Å². The Kier molecular flexibility index (Phi) is 4.92. The molecule has 25 heavy (non-hydrogen) atoms. The molecular weight excluding hydrogens is 321 g/mol. The number of halogens is 1. The van der Waals surface area contributed by atoms with Crippen molar-refractivity contribution in [2.75, 3.05) is 0 Å². The molecule has 0 unspecified atom stereocenters. The molecule has 0 spiro atoms. The highest BCUT2D eigenvalue weighted by Gasteiger charge is 2.23. The van der Waals surface area contributed by atoms with E-state index in [-0.39, 0.29) is 23.8 Å². The monoisotopic (exact) mass is 341 g/mol. The van der Waals surface area contributed by atoms with Crippen molar-refractivity contribution < 1.29 is 9.18 Å². The molecule has 0 saturated heterocycles. The molecule has 2 N–H and O–H groups in total. The van der Waals surface area contributed by atoms with Crippen LogP contribution >= 0.6 is 0 Å². The van der Waals surface area contributed by atoms with Gasteiger partial charge in [-0.1, -0.05) is 32.0 Å². The van der Waals surface area contributed by atoms with Gasteiger partial charge in [-0.25, -0.2) is 9.18 Å². The quantitative estimate of drug-likeness (QED) is 0.749. The van der Waals surface area contributed by atoms with Gasteiger partial charge in [0.25, 0.3) is 0 Å². The lowest BCUT2D eigenvalue weighted by Crippen LogP contribution is -2.40. The normalized spacial score (nSPS) is 12.3. The zero-order valence-corrected chi connectivity index (χ0v) is 14.1.